The van der Waals surface area contributed by atoms with Crippen LogP contribution < -0.4 is 5.32 Å². The summed E-state index contributed by atoms with van der Waals surface area (Å²) >= 11 is 6.21. The lowest BCUT2D eigenvalue weighted by atomic mass is 9.96. The topological polar surface area (TPSA) is 12.0 Å². The van der Waals surface area contributed by atoms with Crippen molar-refractivity contribution in [3.63, 3.8) is 0 Å². The number of benzene rings is 1. The molecule has 1 aromatic carbocycles. The second-order valence-electron chi connectivity index (χ2n) is 4.42. The molecule has 1 saturated heterocycles. The molecule has 15 heavy (non-hydrogen) atoms. The molecule has 2 heteroatoms. The Hall–Kier alpha value is -0.790. The second kappa shape index (κ2) is 3.66. The van der Waals surface area contributed by atoms with Crippen LogP contribution in [0.3, 0.4) is 0 Å². The van der Waals surface area contributed by atoms with Gasteiger partial charge in [-0.2, -0.15) is 0 Å². The highest BCUT2D eigenvalue weighted by Gasteiger charge is 2.28. The lowest BCUT2D eigenvalue weighted by molar-refractivity contribution is 0.575. The molecule has 1 N–H and O–H groups in total. The summed E-state index contributed by atoms with van der Waals surface area (Å²) in [7, 11) is 0. The average molecular weight is 220 g/mol. The number of hydrogen-bond donors (Lipinski definition) is 1. The SMILES string of the molecule is Clc1ccccc1C1=CC2CCC(C1)N2. The van der Waals surface area contributed by atoms with Crippen LogP contribution >= 0.6 is 11.6 Å². The summed E-state index contributed by atoms with van der Waals surface area (Å²) in [4.78, 5) is 0. The molecule has 2 unspecified atom stereocenters. The van der Waals surface area contributed by atoms with Gasteiger partial charge in [0.15, 0.2) is 0 Å². The van der Waals surface area contributed by atoms with Gasteiger partial charge in [0, 0.05) is 17.1 Å². The molecule has 2 atom stereocenters. The molecule has 0 amide bonds. The van der Waals surface area contributed by atoms with Crippen LogP contribution in [-0.2, 0) is 0 Å². The van der Waals surface area contributed by atoms with Crippen molar-refractivity contribution in [1.82, 2.24) is 5.32 Å². The Bertz CT molecular complexity index is 411. The maximum atomic E-state index is 6.21. The third-order valence-electron chi connectivity index (χ3n) is 3.36. The largest absolute Gasteiger partial charge is 0.307 e. The minimum atomic E-state index is 0.579. The maximum absolute atomic E-state index is 6.21. The maximum Gasteiger partial charge on any atom is 0.0481 e. The van der Waals surface area contributed by atoms with Gasteiger partial charge in [-0.1, -0.05) is 35.9 Å². The van der Waals surface area contributed by atoms with Crippen LogP contribution in [0.4, 0.5) is 0 Å². The van der Waals surface area contributed by atoms with Crippen molar-refractivity contribution in [2.75, 3.05) is 0 Å². The summed E-state index contributed by atoms with van der Waals surface area (Å²) in [6.07, 6.45) is 6.05. The Labute approximate surface area is 95.1 Å². The lowest BCUT2D eigenvalue weighted by Gasteiger charge is -2.22. The average Bonchev–Trinajstić information content (AvgIpc) is 2.58. The summed E-state index contributed by atoms with van der Waals surface area (Å²) in [5, 5.41) is 4.47. The highest BCUT2D eigenvalue weighted by Crippen LogP contribution is 2.34. The molecule has 2 heterocycles. The van der Waals surface area contributed by atoms with Crippen LogP contribution in [0.25, 0.3) is 5.57 Å². The van der Waals surface area contributed by atoms with Crippen LogP contribution in [0.2, 0.25) is 5.02 Å². The van der Waals surface area contributed by atoms with E-state index >= 15 is 0 Å². The predicted octanol–water partition coefficient (Wildman–Crippen LogP) is 3.25. The van der Waals surface area contributed by atoms with Gasteiger partial charge in [-0.3, -0.25) is 0 Å². The zero-order valence-corrected chi connectivity index (χ0v) is 9.30. The number of halogens is 1. The van der Waals surface area contributed by atoms with Gasteiger partial charge in [-0.15, -0.1) is 0 Å². The molecule has 2 aliphatic heterocycles. The van der Waals surface area contributed by atoms with E-state index in [1.54, 1.807) is 0 Å². The van der Waals surface area contributed by atoms with E-state index in [0.717, 1.165) is 11.4 Å². The van der Waals surface area contributed by atoms with Gasteiger partial charge < -0.3 is 5.32 Å². The van der Waals surface area contributed by atoms with Crippen molar-refractivity contribution in [3.8, 4) is 0 Å². The molecular weight excluding hydrogens is 206 g/mol. The van der Waals surface area contributed by atoms with Crippen LogP contribution in [0.15, 0.2) is 30.3 Å². The van der Waals surface area contributed by atoms with Gasteiger partial charge in [-0.05, 0) is 36.5 Å². The quantitative estimate of drug-likeness (QED) is 0.765. The molecule has 2 aliphatic rings. The first-order chi connectivity index (χ1) is 7.33. The molecule has 1 fully saturated rings. The number of rotatable bonds is 1. The minimum absolute atomic E-state index is 0.579. The molecule has 0 aromatic heterocycles. The zero-order valence-electron chi connectivity index (χ0n) is 8.54. The van der Waals surface area contributed by atoms with Crippen LogP contribution in [0.1, 0.15) is 24.8 Å². The van der Waals surface area contributed by atoms with E-state index in [1.165, 1.54) is 24.0 Å². The first-order valence-electron chi connectivity index (χ1n) is 5.54. The molecule has 0 radical (unpaired) electrons. The molecule has 78 valence electrons. The second-order valence-corrected chi connectivity index (χ2v) is 4.83. The van der Waals surface area contributed by atoms with Gasteiger partial charge >= 0.3 is 0 Å². The van der Waals surface area contributed by atoms with E-state index < -0.39 is 0 Å². The van der Waals surface area contributed by atoms with Gasteiger partial charge in [0.1, 0.15) is 0 Å². The summed E-state index contributed by atoms with van der Waals surface area (Å²) in [5.74, 6) is 0. The Morgan fingerprint density at radius 2 is 2.07 bits per heavy atom. The van der Waals surface area contributed by atoms with Crippen molar-refractivity contribution in [2.24, 2.45) is 0 Å². The smallest absolute Gasteiger partial charge is 0.0481 e. The van der Waals surface area contributed by atoms with Gasteiger partial charge in [0.25, 0.3) is 0 Å². The van der Waals surface area contributed by atoms with E-state index in [0.29, 0.717) is 12.1 Å². The highest BCUT2D eigenvalue weighted by atomic mass is 35.5. The Balaban J connectivity index is 1.98. The third kappa shape index (κ3) is 1.70. The summed E-state index contributed by atoms with van der Waals surface area (Å²) in [6, 6.07) is 9.40. The van der Waals surface area contributed by atoms with Gasteiger partial charge in [0.2, 0.25) is 0 Å². The van der Waals surface area contributed by atoms with Gasteiger partial charge in [-0.25, -0.2) is 0 Å². The molecule has 1 nitrogen and oxygen atoms in total. The fourth-order valence-corrected chi connectivity index (χ4v) is 2.90. The fourth-order valence-electron chi connectivity index (χ4n) is 2.64. The molecule has 0 saturated carbocycles. The lowest BCUT2D eigenvalue weighted by Crippen LogP contribution is -2.31. The van der Waals surface area contributed by atoms with E-state index in [1.807, 2.05) is 12.1 Å². The molecule has 0 spiro atoms. The van der Waals surface area contributed by atoms with Crippen LogP contribution in [0, 0.1) is 0 Å². The molecular formula is C13H14ClN. The van der Waals surface area contributed by atoms with E-state index in [-0.39, 0.29) is 0 Å². The number of hydrogen-bond acceptors (Lipinski definition) is 1. The summed E-state index contributed by atoms with van der Waals surface area (Å²) < 4.78 is 0. The minimum Gasteiger partial charge on any atom is -0.307 e. The first kappa shape index (κ1) is 9.44. The molecule has 0 aliphatic carbocycles. The Morgan fingerprint density at radius 1 is 1.20 bits per heavy atom. The van der Waals surface area contributed by atoms with Crippen LogP contribution in [-0.4, -0.2) is 12.1 Å². The first-order valence-corrected chi connectivity index (χ1v) is 5.92. The fraction of sp³-hybridized carbons (Fsp3) is 0.385. The Morgan fingerprint density at radius 3 is 2.87 bits per heavy atom. The highest BCUT2D eigenvalue weighted by molar-refractivity contribution is 6.32. The number of nitrogens with one attached hydrogen (secondary N) is 1. The van der Waals surface area contributed by atoms with Crippen molar-refractivity contribution in [3.05, 3.63) is 40.9 Å². The predicted molar refractivity (Wildman–Crippen MR) is 64.0 cm³/mol. The molecule has 1 aromatic rings. The van der Waals surface area contributed by atoms with Crippen molar-refractivity contribution in [1.29, 1.82) is 0 Å². The van der Waals surface area contributed by atoms with Crippen LogP contribution in [0.5, 0.6) is 0 Å². The van der Waals surface area contributed by atoms with Crippen molar-refractivity contribution >= 4 is 17.2 Å². The molecule has 2 bridgehead atoms. The monoisotopic (exact) mass is 219 g/mol. The summed E-state index contributed by atoms with van der Waals surface area (Å²) in [6.45, 7) is 0. The van der Waals surface area contributed by atoms with Crippen molar-refractivity contribution < 1.29 is 0 Å². The third-order valence-corrected chi connectivity index (χ3v) is 3.69. The van der Waals surface area contributed by atoms with Gasteiger partial charge in [0.05, 0.1) is 0 Å². The normalized spacial score (nSPS) is 29.0. The van der Waals surface area contributed by atoms with E-state index in [2.05, 4.69) is 23.5 Å². The number of fused-ring (bicyclic) bond motifs is 2. The van der Waals surface area contributed by atoms with E-state index in [4.69, 9.17) is 11.6 Å². The standard InChI is InChI=1S/C13H14ClN/c14-13-4-2-1-3-12(13)9-7-10-5-6-11(8-9)15-10/h1-4,7,10-11,15H,5-6,8H2. The molecule has 3 rings (SSSR count). The zero-order chi connectivity index (χ0) is 10.3. The van der Waals surface area contributed by atoms with E-state index in [9.17, 15) is 0 Å². The summed E-state index contributed by atoms with van der Waals surface area (Å²) in [5.41, 5.74) is 2.64. The van der Waals surface area contributed by atoms with Crippen molar-refractivity contribution in [2.45, 2.75) is 31.3 Å². The Kier molecular flexibility index (Phi) is 2.30.